The quantitative estimate of drug-likeness (QED) is 0.682. The molecule has 0 aromatic heterocycles. The average molecular weight is 466 g/mol. The third kappa shape index (κ3) is 3.99. The number of carbonyl (C=O) groups excluding carboxylic acids is 1. The van der Waals surface area contributed by atoms with Gasteiger partial charge in [0, 0.05) is 11.3 Å². The zero-order valence-corrected chi connectivity index (χ0v) is 18.9. The Balaban J connectivity index is 1.60. The molecule has 2 unspecified atom stereocenters. The molecule has 4 rings (SSSR count). The molecule has 0 aliphatic heterocycles. The second kappa shape index (κ2) is 7.87. The lowest BCUT2D eigenvalue weighted by molar-refractivity contribution is -0.0413. The van der Waals surface area contributed by atoms with Crippen LogP contribution in [0.2, 0.25) is 5.02 Å². The van der Waals surface area contributed by atoms with E-state index in [1.54, 1.807) is 26.0 Å². The molecule has 8 heteroatoms. The van der Waals surface area contributed by atoms with Crippen LogP contribution in [0.3, 0.4) is 0 Å². The summed E-state index contributed by atoms with van der Waals surface area (Å²) in [7, 11) is -3.79. The maximum atomic E-state index is 13.8. The lowest BCUT2D eigenvalue weighted by atomic mass is 9.76. The minimum Gasteiger partial charge on any atom is -0.390 e. The number of amides is 1. The van der Waals surface area contributed by atoms with Gasteiger partial charge in [0.15, 0.2) is 9.84 Å². The maximum absolute atomic E-state index is 13.8. The predicted octanol–water partition coefficient (Wildman–Crippen LogP) is 4.75. The number of benzene rings is 2. The van der Waals surface area contributed by atoms with Crippen molar-refractivity contribution in [3.8, 4) is 0 Å². The van der Waals surface area contributed by atoms with E-state index in [2.05, 4.69) is 5.32 Å². The Bertz CT molecular complexity index is 1130. The van der Waals surface area contributed by atoms with Gasteiger partial charge in [0.1, 0.15) is 5.82 Å². The molecule has 0 heterocycles. The van der Waals surface area contributed by atoms with E-state index < -0.39 is 32.4 Å². The zero-order valence-electron chi connectivity index (χ0n) is 17.4. The van der Waals surface area contributed by atoms with E-state index in [9.17, 15) is 22.7 Å². The molecule has 0 spiro atoms. The monoisotopic (exact) mass is 465 g/mol. The van der Waals surface area contributed by atoms with Crippen LogP contribution in [0.4, 0.5) is 10.1 Å². The molecule has 2 aliphatic carbocycles. The molecule has 0 radical (unpaired) electrons. The Hall–Kier alpha value is -1.96. The van der Waals surface area contributed by atoms with Gasteiger partial charge in [0.25, 0.3) is 5.91 Å². The Labute approximate surface area is 186 Å². The standard InChI is InChI=1S/C23H25ClFNO4S/c1-13-3-7-17(12-20(13)25)26-22(27)14-4-8-19(24)21(9-14)31(29,30)18-10-15-5-6-16(11-18)23(15,2)28/h3-4,7-9,12,15-16,18,28H,5-6,10-11H2,1-2H3,(H,26,27)/t15-,16?,18?,23-/m0/s1. The second-order valence-electron chi connectivity index (χ2n) is 8.90. The number of rotatable bonds is 4. The molecule has 1 amide bonds. The van der Waals surface area contributed by atoms with E-state index in [0.29, 0.717) is 18.4 Å². The maximum Gasteiger partial charge on any atom is 0.255 e. The van der Waals surface area contributed by atoms with Crippen LogP contribution in [0.25, 0.3) is 0 Å². The zero-order chi connectivity index (χ0) is 22.6. The summed E-state index contributed by atoms with van der Waals surface area (Å²) in [4.78, 5) is 12.6. The van der Waals surface area contributed by atoms with Gasteiger partial charge in [-0.15, -0.1) is 0 Å². The lowest BCUT2D eigenvalue weighted by Crippen LogP contribution is -2.45. The average Bonchev–Trinajstić information content (AvgIpc) is 2.87. The van der Waals surface area contributed by atoms with Crippen LogP contribution >= 0.6 is 11.6 Å². The molecule has 2 saturated carbocycles. The van der Waals surface area contributed by atoms with Crippen LogP contribution in [-0.4, -0.2) is 30.3 Å². The van der Waals surface area contributed by atoms with E-state index >= 15 is 0 Å². The minimum absolute atomic E-state index is 0.0580. The Morgan fingerprint density at radius 1 is 1.16 bits per heavy atom. The first kappa shape index (κ1) is 22.2. The van der Waals surface area contributed by atoms with Crippen molar-refractivity contribution in [1.29, 1.82) is 0 Å². The van der Waals surface area contributed by atoms with Gasteiger partial charge in [-0.25, -0.2) is 12.8 Å². The molecular weight excluding hydrogens is 441 g/mol. The van der Waals surface area contributed by atoms with Crippen molar-refractivity contribution in [2.45, 2.75) is 55.3 Å². The number of hydrogen-bond acceptors (Lipinski definition) is 4. The molecule has 2 aromatic rings. The van der Waals surface area contributed by atoms with E-state index in [0.717, 1.165) is 12.8 Å². The van der Waals surface area contributed by atoms with E-state index in [4.69, 9.17) is 11.6 Å². The highest BCUT2D eigenvalue weighted by atomic mass is 35.5. The summed E-state index contributed by atoms with van der Waals surface area (Å²) < 4.78 is 40.6. The normalized spacial score (nSPS) is 27.8. The largest absolute Gasteiger partial charge is 0.390 e. The predicted molar refractivity (Wildman–Crippen MR) is 118 cm³/mol. The summed E-state index contributed by atoms with van der Waals surface area (Å²) in [5.74, 6) is -1.12. The number of sulfone groups is 1. The highest BCUT2D eigenvalue weighted by molar-refractivity contribution is 7.92. The molecule has 2 aromatic carbocycles. The first-order chi connectivity index (χ1) is 14.5. The SMILES string of the molecule is Cc1ccc(NC(=O)c2ccc(Cl)c(S(=O)(=O)C3CC4CC[C@@H](C3)[C@]4(C)O)c2)cc1F. The molecule has 2 aliphatic rings. The number of nitrogens with one attached hydrogen (secondary N) is 1. The Kier molecular flexibility index (Phi) is 5.65. The van der Waals surface area contributed by atoms with Gasteiger partial charge >= 0.3 is 0 Å². The van der Waals surface area contributed by atoms with Crippen LogP contribution in [0.15, 0.2) is 41.3 Å². The summed E-state index contributed by atoms with van der Waals surface area (Å²) in [5, 5.41) is 12.7. The van der Waals surface area contributed by atoms with Gasteiger partial charge in [0.2, 0.25) is 0 Å². The fraction of sp³-hybridized carbons (Fsp3) is 0.435. The number of hydrogen-bond donors (Lipinski definition) is 2. The van der Waals surface area contributed by atoms with Gasteiger partial charge in [-0.1, -0.05) is 17.7 Å². The van der Waals surface area contributed by atoms with Crippen LogP contribution in [-0.2, 0) is 9.84 Å². The first-order valence-electron chi connectivity index (χ1n) is 10.3. The van der Waals surface area contributed by atoms with E-state index in [-0.39, 0.29) is 33.0 Å². The molecular formula is C23H25ClFNO4S. The molecule has 5 nitrogen and oxygen atoms in total. The number of fused-ring (bicyclic) bond motifs is 2. The summed E-state index contributed by atoms with van der Waals surface area (Å²) in [5.41, 5.74) is 0.0208. The van der Waals surface area contributed by atoms with Crippen LogP contribution in [0, 0.1) is 24.6 Å². The summed E-state index contributed by atoms with van der Waals surface area (Å²) >= 11 is 6.24. The molecule has 4 atom stereocenters. The van der Waals surface area contributed by atoms with Gasteiger partial charge in [0.05, 0.1) is 20.8 Å². The van der Waals surface area contributed by atoms with Gasteiger partial charge in [-0.3, -0.25) is 4.79 Å². The molecule has 2 fully saturated rings. The molecule has 2 N–H and O–H groups in total. The highest BCUT2D eigenvalue weighted by Gasteiger charge is 2.53. The van der Waals surface area contributed by atoms with Crippen LogP contribution in [0.5, 0.6) is 0 Å². The van der Waals surface area contributed by atoms with Crippen molar-refractivity contribution in [3.63, 3.8) is 0 Å². The Morgan fingerprint density at radius 3 is 2.42 bits per heavy atom. The first-order valence-corrected chi connectivity index (χ1v) is 12.3. The van der Waals surface area contributed by atoms with E-state index in [1.807, 2.05) is 0 Å². The summed E-state index contributed by atoms with van der Waals surface area (Å²) in [6.45, 7) is 3.41. The molecule has 0 saturated heterocycles. The number of anilines is 1. The van der Waals surface area contributed by atoms with Gasteiger partial charge in [-0.2, -0.15) is 0 Å². The van der Waals surface area contributed by atoms with Crippen molar-refractivity contribution in [1.82, 2.24) is 0 Å². The number of carbonyl (C=O) groups is 1. The second-order valence-corrected chi connectivity index (χ2v) is 11.5. The third-order valence-electron chi connectivity index (χ3n) is 6.98. The number of halogens is 2. The summed E-state index contributed by atoms with van der Waals surface area (Å²) in [6, 6.07) is 8.46. The van der Waals surface area contributed by atoms with Crippen molar-refractivity contribution >= 4 is 33.0 Å². The fourth-order valence-corrected chi connectivity index (χ4v) is 7.34. The number of aryl methyl sites for hydroxylation is 1. The molecule has 2 bridgehead atoms. The van der Waals surface area contributed by atoms with E-state index in [1.165, 1.54) is 24.3 Å². The van der Waals surface area contributed by atoms with Crippen molar-refractivity contribution in [2.24, 2.45) is 11.8 Å². The molecule has 31 heavy (non-hydrogen) atoms. The number of aliphatic hydroxyl groups is 1. The van der Waals surface area contributed by atoms with Gasteiger partial charge in [-0.05, 0) is 87.3 Å². The minimum atomic E-state index is -3.79. The van der Waals surface area contributed by atoms with Crippen molar-refractivity contribution in [2.75, 3.05) is 5.32 Å². The Morgan fingerprint density at radius 2 is 1.81 bits per heavy atom. The smallest absolute Gasteiger partial charge is 0.255 e. The lowest BCUT2D eigenvalue weighted by Gasteiger charge is -2.40. The van der Waals surface area contributed by atoms with Crippen molar-refractivity contribution in [3.05, 3.63) is 58.4 Å². The molecule has 166 valence electrons. The van der Waals surface area contributed by atoms with Crippen LogP contribution < -0.4 is 5.32 Å². The van der Waals surface area contributed by atoms with Crippen LogP contribution in [0.1, 0.15) is 48.5 Å². The third-order valence-corrected chi connectivity index (χ3v) is 9.63. The van der Waals surface area contributed by atoms with Gasteiger partial charge < -0.3 is 10.4 Å². The fourth-order valence-electron chi connectivity index (χ4n) is 4.93. The highest BCUT2D eigenvalue weighted by Crippen LogP contribution is 2.51. The van der Waals surface area contributed by atoms with Crippen molar-refractivity contribution < 1.29 is 22.7 Å². The summed E-state index contributed by atoms with van der Waals surface area (Å²) in [6.07, 6.45) is 2.38. The topological polar surface area (TPSA) is 83.5 Å².